The van der Waals surface area contributed by atoms with Gasteiger partial charge in [-0.25, -0.2) is 0 Å². The molecule has 0 spiro atoms. The van der Waals surface area contributed by atoms with Crippen LogP contribution in [-0.4, -0.2) is 31.1 Å². The van der Waals surface area contributed by atoms with Crippen LogP contribution >= 0.6 is 0 Å². The van der Waals surface area contributed by atoms with Gasteiger partial charge in [0.05, 0.1) is 0 Å². The standard InChI is InChI=1S/C7H7NO3/c1-8-7(11-2)5(9)3-4-6(7)10/h3-4H,1H2,2H3. The third kappa shape index (κ3) is 0.832. The molecule has 0 aliphatic heterocycles. The first-order chi connectivity index (χ1) is 5.17. The predicted octanol–water partition coefficient (Wildman–Crippen LogP) is -0.262. The smallest absolute Gasteiger partial charge is 0.286 e. The molecule has 0 unspecified atom stereocenters. The average Bonchev–Trinajstić information content (AvgIpc) is 2.29. The molecule has 4 heteroatoms. The molecule has 11 heavy (non-hydrogen) atoms. The van der Waals surface area contributed by atoms with Crippen molar-refractivity contribution in [3.8, 4) is 0 Å². The van der Waals surface area contributed by atoms with Crippen molar-refractivity contribution in [3.05, 3.63) is 12.2 Å². The maximum Gasteiger partial charge on any atom is 0.286 e. The molecule has 1 rings (SSSR count). The van der Waals surface area contributed by atoms with Gasteiger partial charge < -0.3 is 4.74 Å². The summed E-state index contributed by atoms with van der Waals surface area (Å²) in [6.07, 6.45) is 2.28. The summed E-state index contributed by atoms with van der Waals surface area (Å²) in [4.78, 5) is 25.4. The fraction of sp³-hybridized carbons (Fsp3) is 0.286. The van der Waals surface area contributed by atoms with Gasteiger partial charge in [-0.3, -0.25) is 14.6 Å². The van der Waals surface area contributed by atoms with Gasteiger partial charge in [-0.1, -0.05) is 0 Å². The second-order valence-electron chi connectivity index (χ2n) is 2.07. The van der Waals surface area contributed by atoms with Crippen LogP contribution in [0.15, 0.2) is 17.1 Å². The second kappa shape index (κ2) is 2.39. The van der Waals surface area contributed by atoms with E-state index in [4.69, 9.17) is 0 Å². The van der Waals surface area contributed by atoms with E-state index in [2.05, 4.69) is 16.4 Å². The third-order valence-corrected chi connectivity index (χ3v) is 1.57. The van der Waals surface area contributed by atoms with E-state index in [9.17, 15) is 9.59 Å². The minimum atomic E-state index is -1.68. The molecule has 0 aromatic rings. The molecule has 0 atom stereocenters. The highest BCUT2D eigenvalue weighted by Crippen LogP contribution is 2.21. The van der Waals surface area contributed by atoms with Crippen molar-refractivity contribution in [1.29, 1.82) is 0 Å². The Bertz CT molecular complexity index is 236. The first kappa shape index (κ1) is 7.81. The Balaban J connectivity index is 3.10. The number of ether oxygens (including phenoxy) is 1. The van der Waals surface area contributed by atoms with Gasteiger partial charge in [-0.15, -0.1) is 0 Å². The molecule has 0 saturated heterocycles. The largest absolute Gasteiger partial charge is 0.344 e. The normalized spacial score (nSPS) is 20.8. The summed E-state index contributed by atoms with van der Waals surface area (Å²) in [6.45, 7) is 3.13. The topological polar surface area (TPSA) is 55.7 Å². The molecule has 0 fully saturated rings. The molecule has 0 amide bonds. The van der Waals surface area contributed by atoms with Crippen LogP contribution in [0.1, 0.15) is 0 Å². The Labute approximate surface area is 63.6 Å². The summed E-state index contributed by atoms with van der Waals surface area (Å²) in [5.41, 5.74) is -1.68. The molecule has 0 N–H and O–H groups in total. The monoisotopic (exact) mass is 153 g/mol. The molecular weight excluding hydrogens is 146 g/mol. The zero-order chi connectivity index (χ0) is 8.48. The summed E-state index contributed by atoms with van der Waals surface area (Å²) in [7, 11) is 1.25. The lowest BCUT2D eigenvalue weighted by Gasteiger charge is -2.17. The van der Waals surface area contributed by atoms with Gasteiger partial charge in [0, 0.05) is 7.11 Å². The second-order valence-corrected chi connectivity index (χ2v) is 2.07. The Kier molecular flexibility index (Phi) is 1.70. The maximum absolute atomic E-state index is 11.0. The molecule has 1 aliphatic carbocycles. The molecule has 58 valence electrons. The number of hydrogen-bond acceptors (Lipinski definition) is 4. The number of carbonyl (C=O) groups is 2. The minimum absolute atomic E-state index is 0.472. The Morgan fingerprint density at radius 2 is 1.91 bits per heavy atom. The van der Waals surface area contributed by atoms with E-state index in [1.807, 2.05) is 0 Å². The highest BCUT2D eigenvalue weighted by atomic mass is 16.5. The molecule has 0 aromatic carbocycles. The van der Waals surface area contributed by atoms with Crippen LogP contribution in [0.25, 0.3) is 0 Å². The highest BCUT2D eigenvalue weighted by molar-refractivity contribution is 6.25. The lowest BCUT2D eigenvalue weighted by Crippen LogP contribution is -2.41. The van der Waals surface area contributed by atoms with Crippen molar-refractivity contribution in [2.75, 3.05) is 7.11 Å². The average molecular weight is 153 g/mol. The van der Waals surface area contributed by atoms with Crippen molar-refractivity contribution in [2.24, 2.45) is 4.99 Å². The summed E-state index contributed by atoms with van der Waals surface area (Å²) in [5, 5.41) is 0. The minimum Gasteiger partial charge on any atom is -0.344 e. The lowest BCUT2D eigenvalue weighted by molar-refractivity contribution is -0.145. The molecule has 0 bridgehead atoms. The van der Waals surface area contributed by atoms with Crippen molar-refractivity contribution in [3.63, 3.8) is 0 Å². The van der Waals surface area contributed by atoms with E-state index in [0.29, 0.717) is 0 Å². The van der Waals surface area contributed by atoms with Crippen LogP contribution < -0.4 is 0 Å². The van der Waals surface area contributed by atoms with Crippen LogP contribution in [0.3, 0.4) is 0 Å². The third-order valence-electron chi connectivity index (χ3n) is 1.57. The summed E-state index contributed by atoms with van der Waals surface area (Å²) >= 11 is 0. The molecule has 1 aliphatic rings. The quantitative estimate of drug-likeness (QED) is 0.405. The van der Waals surface area contributed by atoms with E-state index < -0.39 is 17.3 Å². The molecule has 0 radical (unpaired) electrons. The fourth-order valence-electron chi connectivity index (χ4n) is 0.920. The van der Waals surface area contributed by atoms with Gasteiger partial charge in [-0.05, 0) is 18.9 Å². The Hall–Kier alpha value is -1.29. The van der Waals surface area contributed by atoms with Crippen LogP contribution in [0, 0.1) is 0 Å². The van der Waals surface area contributed by atoms with E-state index in [1.54, 1.807) is 0 Å². The summed E-state index contributed by atoms with van der Waals surface area (Å²) in [5.74, 6) is -0.944. The summed E-state index contributed by atoms with van der Waals surface area (Å²) < 4.78 is 4.68. The SMILES string of the molecule is C=NC1(OC)C(=O)C=CC1=O. The number of methoxy groups -OCH3 is 1. The van der Waals surface area contributed by atoms with Crippen LogP contribution in [0.2, 0.25) is 0 Å². The van der Waals surface area contributed by atoms with Crippen molar-refractivity contribution in [2.45, 2.75) is 5.72 Å². The fourth-order valence-corrected chi connectivity index (χ4v) is 0.920. The van der Waals surface area contributed by atoms with E-state index in [-0.39, 0.29) is 0 Å². The number of carbonyl (C=O) groups excluding carboxylic acids is 2. The molecule has 0 heterocycles. The zero-order valence-corrected chi connectivity index (χ0v) is 6.03. The molecule has 4 nitrogen and oxygen atoms in total. The van der Waals surface area contributed by atoms with E-state index >= 15 is 0 Å². The molecular formula is C7H7NO3. The first-order valence-electron chi connectivity index (χ1n) is 2.97. The van der Waals surface area contributed by atoms with Crippen LogP contribution in [-0.2, 0) is 14.3 Å². The zero-order valence-electron chi connectivity index (χ0n) is 6.03. The van der Waals surface area contributed by atoms with Gasteiger partial charge in [-0.2, -0.15) is 0 Å². The number of ketones is 2. The van der Waals surface area contributed by atoms with E-state index in [1.165, 1.54) is 7.11 Å². The van der Waals surface area contributed by atoms with E-state index in [0.717, 1.165) is 12.2 Å². The molecule has 0 aromatic heterocycles. The highest BCUT2D eigenvalue weighted by Gasteiger charge is 2.46. The molecule has 0 saturated carbocycles. The number of aliphatic imine (C=N–C) groups is 1. The van der Waals surface area contributed by atoms with Crippen LogP contribution in [0.5, 0.6) is 0 Å². The predicted molar refractivity (Wildman–Crippen MR) is 38.4 cm³/mol. The Morgan fingerprint density at radius 3 is 2.09 bits per heavy atom. The van der Waals surface area contributed by atoms with Gasteiger partial charge in [0.1, 0.15) is 0 Å². The van der Waals surface area contributed by atoms with Crippen molar-refractivity contribution < 1.29 is 14.3 Å². The van der Waals surface area contributed by atoms with Gasteiger partial charge in [0.15, 0.2) is 0 Å². The van der Waals surface area contributed by atoms with Gasteiger partial charge >= 0.3 is 0 Å². The van der Waals surface area contributed by atoms with Gasteiger partial charge in [0.25, 0.3) is 5.72 Å². The number of hydrogen-bond donors (Lipinski definition) is 0. The van der Waals surface area contributed by atoms with Crippen molar-refractivity contribution >= 4 is 18.3 Å². The lowest BCUT2D eigenvalue weighted by atomic mass is 10.1. The Morgan fingerprint density at radius 1 is 1.45 bits per heavy atom. The maximum atomic E-state index is 11.0. The number of rotatable bonds is 2. The number of nitrogens with zero attached hydrogens (tertiary/aromatic N) is 1. The summed E-state index contributed by atoms with van der Waals surface area (Å²) in [6, 6.07) is 0. The van der Waals surface area contributed by atoms with Crippen LogP contribution in [0.4, 0.5) is 0 Å². The van der Waals surface area contributed by atoms with Crippen molar-refractivity contribution in [1.82, 2.24) is 0 Å². The first-order valence-corrected chi connectivity index (χ1v) is 2.97. The van der Waals surface area contributed by atoms with Gasteiger partial charge in [0.2, 0.25) is 11.6 Å².